The van der Waals surface area contributed by atoms with Gasteiger partial charge in [0.2, 0.25) is 5.95 Å². The second-order valence-electron chi connectivity index (χ2n) is 3.98. The lowest BCUT2D eigenvalue weighted by atomic mass is 10.4. The van der Waals surface area contributed by atoms with Gasteiger partial charge in [0.25, 0.3) is 10.0 Å². The van der Waals surface area contributed by atoms with Crippen molar-refractivity contribution in [3.05, 3.63) is 36.9 Å². The molecule has 0 amide bonds. The van der Waals surface area contributed by atoms with Crippen molar-refractivity contribution in [3.8, 4) is 0 Å². The van der Waals surface area contributed by atoms with Crippen LogP contribution in [0.25, 0.3) is 0 Å². The SMILES string of the molecule is CCCNc1ccncc1S(=O)(=O)Nc1ncccn1. The molecule has 0 atom stereocenters. The normalized spacial score (nSPS) is 11.1. The summed E-state index contributed by atoms with van der Waals surface area (Å²) in [4.78, 5) is 11.6. The minimum Gasteiger partial charge on any atom is -0.384 e. The van der Waals surface area contributed by atoms with Crippen LogP contribution in [0.3, 0.4) is 0 Å². The number of sulfonamides is 1. The lowest BCUT2D eigenvalue weighted by Crippen LogP contribution is -2.17. The monoisotopic (exact) mass is 293 g/mol. The Morgan fingerprint density at radius 1 is 1.20 bits per heavy atom. The highest BCUT2D eigenvalue weighted by Gasteiger charge is 2.19. The highest BCUT2D eigenvalue weighted by molar-refractivity contribution is 7.92. The Hall–Kier alpha value is -2.22. The van der Waals surface area contributed by atoms with Crippen LogP contribution >= 0.6 is 0 Å². The van der Waals surface area contributed by atoms with Crippen LogP contribution in [0, 0.1) is 0 Å². The Morgan fingerprint density at radius 2 is 1.95 bits per heavy atom. The Kier molecular flexibility index (Phi) is 4.46. The van der Waals surface area contributed by atoms with Crippen molar-refractivity contribution in [2.45, 2.75) is 18.2 Å². The summed E-state index contributed by atoms with van der Waals surface area (Å²) in [6.45, 7) is 2.67. The van der Waals surface area contributed by atoms with E-state index < -0.39 is 10.0 Å². The third-order valence-corrected chi connectivity index (χ3v) is 3.79. The van der Waals surface area contributed by atoms with Crippen LogP contribution in [0.4, 0.5) is 11.6 Å². The fraction of sp³-hybridized carbons (Fsp3) is 0.250. The molecule has 0 spiro atoms. The molecule has 0 saturated carbocycles. The number of nitrogens with one attached hydrogen (secondary N) is 2. The first kappa shape index (κ1) is 14.2. The van der Waals surface area contributed by atoms with Crippen LogP contribution in [0.15, 0.2) is 41.8 Å². The fourth-order valence-electron chi connectivity index (χ4n) is 1.53. The molecule has 8 heteroatoms. The summed E-state index contributed by atoms with van der Waals surface area (Å²) in [7, 11) is -3.77. The van der Waals surface area contributed by atoms with Crippen molar-refractivity contribution in [1.82, 2.24) is 15.0 Å². The van der Waals surface area contributed by atoms with E-state index in [4.69, 9.17) is 0 Å². The highest BCUT2D eigenvalue weighted by atomic mass is 32.2. The van der Waals surface area contributed by atoms with E-state index in [-0.39, 0.29) is 10.8 Å². The van der Waals surface area contributed by atoms with Gasteiger partial charge in [-0.15, -0.1) is 0 Å². The van der Waals surface area contributed by atoms with E-state index in [0.29, 0.717) is 12.2 Å². The average Bonchev–Trinajstić information content (AvgIpc) is 2.46. The molecule has 0 radical (unpaired) electrons. The molecule has 0 fully saturated rings. The first-order valence-electron chi connectivity index (χ1n) is 6.11. The smallest absolute Gasteiger partial charge is 0.267 e. The quantitative estimate of drug-likeness (QED) is 0.837. The van der Waals surface area contributed by atoms with E-state index in [9.17, 15) is 8.42 Å². The molecule has 2 aromatic heterocycles. The molecule has 0 unspecified atom stereocenters. The summed E-state index contributed by atoms with van der Waals surface area (Å²) in [5, 5.41) is 3.05. The first-order valence-corrected chi connectivity index (χ1v) is 7.59. The Bertz CT molecular complexity index is 661. The van der Waals surface area contributed by atoms with Gasteiger partial charge in [0.1, 0.15) is 4.90 Å². The van der Waals surface area contributed by atoms with Crippen LogP contribution in [0.2, 0.25) is 0 Å². The van der Waals surface area contributed by atoms with Crippen LogP contribution in [-0.4, -0.2) is 29.9 Å². The molecule has 2 rings (SSSR count). The molecule has 7 nitrogen and oxygen atoms in total. The van der Waals surface area contributed by atoms with Crippen LogP contribution < -0.4 is 10.0 Å². The van der Waals surface area contributed by atoms with Gasteiger partial charge >= 0.3 is 0 Å². The number of hydrogen-bond acceptors (Lipinski definition) is 6. The lowest BCUT2D eigenvalue weighted by Gasteiger charge is -2.11. The summed E-state index contributed by atoms with van der Waals surface area (Å²) in [6, 6.07) is 3.23. The van der Waals surface area contributed by atoms with Crippen LogP contribution in [0.1, 0.15) is 13.3 Å². The number of rotatable bonds is 6. The van der Waals surface area contributed by atoms with Gasteiger partial charge in [-0.1, -0.05) is 6.92 Å². The largest absolute Gasteiger partial charge is 0.384 e. The number of anilines is 2. The van der Waals surface area contributed by atoms with Gasteiger partial charge in [0.15, 0.2) is 0 Å². The van der Waals surface area contributed by atoms with E-state index in [2.05, 4.69) is 25.0 Å². The van der Waals surface area contributed by atoms with Crippen molar-refractivity contribution in [2.75, 3.05) is 16.6 Å². The van der Waals surface area contributed by atoms with E-state index in [0.717, 1.165) is 6.42 Å². The van der Waals surface area contributed by atoms with Crippen LogP contribution in [0.5, 0.6) is 0 Å². The van der Waals surface area contributed by atoms with Crippen molar-refractivity contribution < 1.29 is 8.42 Å². The Labute approximate surface area is 117 Å². The average molecular weight is 293 g/mol. The zero-order valence-electron chi connectivity index (χ0n) is 10.9. The van der Waals surface area contributed by atoms with Gasteiger partial charge in [-0.3, -0.25) is 4.98 Å². The topological polar surface area (TPSA) is 96.9 Å². The standard InChI is InChI=1S/C12H15N5O2S/c1-2-5-14-10-4-8-13-9-11(10)20(18,19)17-12-15-6-3-7-16-12/h3-4,6-9H,2,5H2,1H3,(H,13,14)(H,15,16,17). The fourth-order valence-corrected chi connectivity index (χ4v) is 2.61. The maximum Gasteiger partial charge on any atom is 0.267 e. The van der Waals surface area contributed by atoms with Gasteiger partial charge in [-0.05, 0) is 18.6 Å². The summed E-state index contributed by atoms with van der Waals surface area (Å²) in [5.74, 6) is 0.0257. The molecule has 20 heavy (non-hydrogen) atoms. The number of hydrogen-bond donors (Lipinski definition) is 2. The zero-order valence-corrected chi connectivity index (χ0v) is 11.8. The number of aromatic nitrogens is 3. The third kappa shape index (κ3) is 3.41. The maximum absolute atomic E-state index is 12.3. The summed E-state index contributed by atoms with van der Waals surface area (Å²) < 4.78 is 27.0. The van der Waals surface area contributed by atoms with E-state index in [1.807, 2.05) is 6.92 Å². The molecule has 2 aromatic rings. The van der Waals surface area contributed by atoms with E-state index in [1.165, 1.54) is 24.8 Å². The van der Waals surface area contributed by atoms with Crippen molar-refractivity contribution in [2.24, 2.45) is 0 Å². The van der Waals surface area contributed by atoms with Crippen LogP contribution in [-0.2, 0) is 10.0 Å². The van der Waals surface area contributed by atoms with E-state index in [1.54, 1.807) is 12.1 Å². The Morgan fingerprint density at radius 3 is 2.65 bits per heavy atom. The molecule has 0 aliphatic rings. The summed E-state index contributed by atoms with van der Waals surface area (Å²) in [5.41, 5.74) is 0.505. The molecule has 2 N–H and O–H groups in total. The molecular formula is C12H15N5O2S. The second kappa shape index (κ2) is 6.29. The molecule has 0 aromatic carbocycles. The predicted octanol–water partition coefficient (Wildman–Crippen LogP) is 1.49. The molecule has 0 saturated heterocycles. The van der Waals surface area contributed by atoms with Gasteiger partial charge < -0.3 is 5.32 Å². The zero-order chi connectivity index (χ0) is 14.4. The first-order chi connectivity index (χ1) is 9.63. The summed E-state index contributed by atoms with van der Waals surface area (Å²) >= 11 is 0. The third-order valence-electron chi connectivity index (χ3n) is 2.43. The minimum atomic E-state index is -3.77. The molecule has 0 aliphatic heterocycles. The molecule has 106 valence electrons. The summed E-state index contributed by atoms with van der Waals surface area (Å²) in [6.07, 6.45) is 6.64. The minimum absolute atomic E-state index is 0.0257. The van der Waals surface area contributed by atoms with Gasteiger partial charge in [0, 0.05) is 31.3 Å². The van der Waals surface area contributed by atoms with Gasteiger partial charge in [-0.25, -0.2) is 23.1 Å². The molecule has 0 bridgehead atoms. The number of pyridine rings is 1. The molecule has 0 aliphatic carbocycles. The lowest BCUT2D eigenvalue weighted by molar-refractivity contribution is 0.600. The second-order valence-corrected chi connectivity index (χ2v) is 5.63. The highest BCUT2D eigenvalue weighted by Crippen LogP contribution is 2.21. The number of nitrogens with zero attached hydrogens (tertiary/aromatic N) is 3. The van der Waals surface area contributed by atoms with E-state index >= 15 is 0 Å². The molecular weight excluding hydrogens is 278 g/mol. The van der Waals surface area contributed by atoms with Gasteiger partial charge in [-0.2, -0.15) is 0 Å². The van der Waals surface area contributed by atoms with Crippen molar-refractivity contribution in [1.29, 1.82) is 0 Å². The maximum atomic E-state index is 12.3. The molecule has 2 heterocycles. The van der Waals surface area contributed by atoms with Gasteiger partial charge in [0.05, 0.1) is 5.69 Å². The van der Waals surface area contributed by atoms with Crippen molar-refractivity contribution >= 4 is 21.7 Å². The predicted molar refractivity (Wildman–Crippen MR) is 75.9 cm³/mol. The Balaban J connectivity index is 2.30. The van der Waals surface area contributed by atoms with Crippen molar-refractivity contribution in [3.63, 3.8) is 0 Å².